The lowest BCUT2D eigenvalue weighted by atomic mass is 9.55. The Morgan fingerprint density at radius 1 is 1.07 bits per heavy atom. The predicted molar refractivity (Wildman–Crippen MR) is 219 cm³/mol. The molecule has 0 radical (unpaired) electrons. The lowest BCUT2D eigenvalue weighted by molar-refractivity contribution is -0.384. The minimum atomic E-state index is -1.49. The van der Waals surface area contributed by atoms with Crippen molar-refractivity contribution in [3.8, 4) is 11.5 Å². The lowest BCUT2D eigenvalue weighted by Gasteiger charge is -2.58. The van der Waals surface area contributed by atoms with Crippen LogP contribution in [-0.2, 0) is 20.9 Å². The zero-order chi connectivity index (χ0) is 42.2. The Morgan fingerprint density at radius 3 is 2.47 bits per heavy atom. The van der Waals surface area contributed by atoms with Crippen molar-refractivity contribution in [3.05, 3.63) is 113 Å². The summed E-state index contributed by atoms with van der Waals surface area (Å²) in [6.45, 7) is 13.7. The molecule has 3 aromatic rings. The van der Waals surface area contributed by atoms with E-state index in [4.69, 9.17) is 28.9 Å². The fourth-order valence-corrected chi connectivity index (χ4v) is 8.67. The molecule has 15 nitrogen and oxygen atoms in total. The Hall–Kier alpha value is -5.38. The predicted octanol–water partition coefficient (Wildman–Crippen LogP) is 7.41. The van der Waals surface area contributed by atoms with Gasteiger partial charge in [0.1, 0.15) is 36.4 Å². The molecule has 3 aliphatic rings. The molecule has 6 rings (SSSR count). The molecule has 1 fully saturated rings. The highest BCUT2D eigenvalue weighted by molar-refractivity contribution is 6.02. The second-order valence-electron chi connectivity index (χ2n) is 16.1. The smallest absolute Gasteiger partial charge is 0.358 e. The number of aliphatic hydroxyl groups is 2. The van der Waals surface area contributed by atoms with E-state index in [1.54, 1.807) is 45.1 Å². The first-order valence-electron chi connectivity index (χ1n) is 20.3. The molecule has 15 heteroatoms. The second kappa shape index (κ2) is 19.1. The number of aliphatic hydroxyl groups excluding tert-OH is 2. The molecule has 0 amide bonds. The number of non-ortho nitro benzene ring substituents is 1. The molecule has 2 aromatic carbocycles. The summed E-state index contributed by atoms with van der Waals surface area (Å²) in [5.74, 6) is -1.65. The van der Waals surface area contributed by atoms with Gasteiger partial charge in [-0.3, -0.25) is 10.1 Å². The Balaban J connectivity index is 1.57. The average Bonchev–Trinajstić information content (AvgIpc) is 3.70. The van der Waals surface area contributed by atoms with Crippen molar-refractivity contribution < 1.29 is 43.7 Å². The van der Waals surface area contributed by atoms with Crippen LogP contribution in [0.2, 0.25) is 0 Å². The average molecular weight is 814 g/mol. The number of ether oxygens (including phenoxy) is 4. The van der Waals surface area contributed by atoms with E-state index in [-0.39, 0.29) is 62.0 Å². The monoisotopic (exact) mass is 813 g/mol. The molecule has 2 heterocycles. The Kier molecular flexibility index (Phi) is 14.0. The summed E-state index contributed by atoms with van der Waals surface area (Å²) in [6.07, 6.45) is 11.5. The van der Waals surface area contributed by atoms with E-state index in [1.807, 2.05) is 18.2 Å². The number of rotatable bonds is 20. The summed E-state index contributed by atoms with van der Waals surface area (Å²) >= 11 is 0. The number of hydrogen-bond acceptors (Lipinski definition) is 13. The fraction of sp³-hybridized carbons (Fsp3) is 0.500. The molecule has 1 aliphatic heterocycles. The van der Waals surface area contributed by atoms with Crippen molar-refractivity contribution in [2.24, 2.45) is 22.9 Å². The number of oxime groups is 1. The SMILES string of the molecule is C=CCOc1ccc2c(c1)C1C(CCCCO)C(CCCCO)C=C3C(=NOCc4ccc([N+](=O)[O-])cc4)CC(n4nncc4C(=O)OC(C)(C)C)C(OCC=C)(O2)C31. The minimum Gasteiger partial charge on any atom is -0.490 e. The zero-order valence-electron chi connectivity index (χ0n) is 34.0. The first kappa shape index (κ1) is 43.2. The summed E-state index contributed by atoms with van der Waals surface area (Å²) in [7, 11) is 0. The maximum Gasteiger partial charge on any atom is 0.358 e. The van der Waals surface area contributed by atoms with E-state index >= 15 is 0 Å². The van der Waals surface area contributed by atoms with Crippen LogP contribution in [0.4, 0.5) is 5.69 Å². The highest BCUT2D eigenvalue weighted by Crippen LogP contribution is 2.63. The zero-order valence-corrected chi connectivity index (χ0v) is 34.0. The fourth-order valence-electron chi connectivity index (χ4n) is 8.67. The van der Waals surface area contributed by atoms with Crippen LogP contribution >= 0.6 is 0 Å². The Bertz CT molecular complexity index is 2020. The molecule has 316 valence electrons. The number of esters is 1. The molecule has 59 heavy (non-hydrogen) atoms. The van der Waals surface area contributed by atoms with Crippen molar-refractivity contribution in [2.45, 2.75) is 95.7 Å². The van der Waals surface area contributed by atoms with E-state index in [2.05, 4.69) is 29.5 Å². The van der Waals surface area contributed by atoms with Crippen LogP contribution < -0.4 is 9.47 Å². The number of allylic oxidation sites excluding steroid dienone is 1. The summed E-state index contributed by atoms with van der Waals surface area (Å²) in [5.41, 5.74) is 2.30. The van der Waals surface area contributed by atoms with Crippen molar-refractivity contribution in [3.63, 3.8) is 0 Å². The molecule has 6 atom stereocenters. The topological polar surface area (TPSA) is 190 Å². The van der Waals surface area contributed by atoms with Gasteiger partial charge in [0.05, 0.1) is 29.4 Å². The van der Waals surface area contributed by atoms with Crippen LogP contribution in [0.25, 0.3) is 0 Å². The van der Waals surface area contributed by atoms with Crippen molar-refractivity contribution in [2.75, 3.05) is 26.4 Å². The molecule has 0 saturated heterocycles. The Labute approximate surface area is 344 Å². The molecule has 0 spiro atoms. The van der Waals surface area contributed by atoms with Crippen LogP contribution in [0.15, 0.2) is 90.8 Å². The van der Waals surface area contributed by atoms with Crippen molar-refractivity contribution >= 4 is 17.4 Å². The molecule has 1 saturated carbocycles. The van der Waals surface area contributed by atoms with Crippen LogP contribution in [0.5, 0.6) is 11.5 Å². The summed E-state index contributed by atoms with van der Waals surface area (Å²) in [6, 6.07) is 11.0. The van der Waals surface area contributed by atoms with Gasteiger partial charge in [0.25, 0.3) is 5.69 Å². The molecular formula is C44H55N5O10. The first-order chi connectivity index (χ1) is 28.4. The maximum absolute atomic E-state index is 13.8. The Morgan fingerprint density at radius 2 is 1.80 bits per heavy atom. The van der Waals surface area contributed by atoms with Gasteiger partial charge < -0.3 is 34.0 Å². The summed E-state index contributed by atoms with van der Waals surface area (Å²) < 4.78 is 27.6. The molecule has 1 aromatic heterocycles. The van der Waals surface area contributed by atoms with Crippen LogP contribution in [0.3, 0.4) is 0 Å². The highest BCUT2D eigenvalue weighted by atomic mass is 16.7. The third kappa shape index (κ3) is 9.58. The quantitative estimate of drug-likeness (QED) is 0.0378. The maximum atomic E-state index is 13.8. The van der Waals surface area contributed by atoms with Gasteiger partial charge in [-0.05, 0) is 99.8 Å². The van der Waals surface area contributed by atoms with Gasteiger partial charge in [0.2, 0.25) is 5.79 Å². The number of aromatic nitrogens is 3. The number of carbonyl (C=O) groups is 1. The summed E-state index contributed by atoms with van der Waals surface area (Å²) in [5, 5.41) is 44.5. The molecule has 0 bridgehead atoms. The number of hydrogen-bond donors (Lipinski definition) is 2. The van der Waals surface area contributed by atoms with Crippen molar-refractivity contribution in [1.82, 2.24) is 15.0 Å². The molecule has 2 N–H and O–H groups in total. The third-order valence-corrected chi connectivity index (χ3v) is 11.0. The van der Waals surface area contributed by atoms with Gasteiger partial charge in [-0.25, -0.2) is 9.48 Å². The van der Waals surface area contributed by atoms with E-state index in [0.29, 0.717) is 42.2 Å². The van der Waals surface area contributed by atoms with Gasteiger partial charge in [0, 0.05) is 43.2 Å². The van der Waals surface area contributed by atoms with Crippen LogP contribution in [0.1, 0.15) is 99.3 Å². The lowest BCUT2D eigenvalue weighted by Crippen LogP contribution is -2.63. The van der Waals surface area contributed by atoms with Gasteiger partial charge in [0.15, 0.2) is 5.69 Å². The van der Waals surface area contributed by atoms with E-state index < -0.39 is 34.2 Å². The minimum absolute atomic E-state index is 0.0140. The number of carbonyl (C=O) groups excluding carboxylic acids is 1. The number of fused-ring (bicyclic) bond motifs is 2. The van der Waals surface area contributed by atoms with Gasteiger partial charge >= 0.3 is 5.97 Å². The van der Waals surface area contributed by atoms with E-state index in [1.165, 1.54) is 23.0 Å². The number of nitro groups is 1. The van der Waals surface area contributed by atoms with E-state index in [0.717, 1.165) is 36.8 Å². The largest absolute Gasteiger partial charge is 0.490 e. The molecular weight excluding hydrogens is 759 g/mol. The van der Waals surface area contributed by atoms with Gasteiger partial charge in [-0.1, -0.05) is 48.0 Å². The molecule has 2 aliphatic carbocycles. The molecule has 6 unspecified atom stereocenters. The van der Waals surface area contributed by atoms with Crippen LogP contribution in [0, 0.1) is 27.9 Å². The highest BCUT2D eigenvalue weighted by Gasteiger charge is 2.65. The van der Waals surface area contributed by atoms with Gasteiger partial charge in [-0.2, -0.15) is 0 Å². The first-order valence-corrected chi connectivity index (χ1v) is 20.3. The summed E-state index contributed by atoms with van der Waals surface area (Å²) in [4.78, 5) is 30.8. The second-order valence-corrected chi connectivity index (χ2v) is 16.1. The van der Waals surface area contributed by atoms with Gasteiger partial charge in [-0.15, -0.1) is 11.7 Å². The number of unbranched alkanes of at least 4 members (excludes halogenated alkanes) is 2. The standard InChI is InChI=1S/C44H55N5O10/c1-6-22-55-32-18-19-38-35(25-32)40-33(13-9-11-21-51)30(12-8-10-20-50)24-34-36(46-57-28-29-14-16-31(17-15-29)49(53)54)26-39(44(58-38,41(34)40)56-23-7-2)48-37(27-45-47-48)42(52)59-43(3,4)5/h6-7,14-19,24-25,27,30,33,39-41,50-51H,1-2,8-13,20-23,26,28H2,3-5H3. The normalized spacial score (nSPS) is 23.9. The third-order valence-electron chi connectivity index (χ3n) is 11.0. The van der Waals surface area contributed by atoms with Crippen LogP contribution in [-0.4, -0.2) is 79.6 Å². The van der Waals surface area contributed by atoms with Crippen molar-refractivity contribution in [1.29, 1.82) is 0 Å². The number of benzene rings is 2. The number of nitrogens with zero attached hydrogens (tertiary/aromatic N) is 5. The number of nitro benzene ring substituents is 1. The van der Waals surface area contributed by atoms with E-state index in [9.17, 15) is 25.1 Å².